The summed E-state index contributed by atoms with van der Waals surface area (Å²) in [5, 5.41) is 3.51. The second kappa shape index (κ2) is 6.48. The molecular weight excluding hydrogens is 320 g/mol. The van der Waals surface area contributed by atoms with E-state index in [-0.39, 0.29) is 24.5 Å². The Morgan fingerprint density at radius 3 is 2.75 bits per heavy atom. The van der Waals surface area contributed by atoms with E-state index in [0.29, 0.717) is 5.13 Å². The number of rotatable bonds is 5. The summed E-state index contributed by atoms with van der Waals surface area (Å²) in [7, 11) is 0. The van der Waals surface area contributed by atoms with E-state index in [1.807, 2.05) is 12.1 Å². The molecule has 1 heterocycles. The van der Waals surface area contributed by atoms with Crippen LogP contribution in [0.2, 0.25) is 0 Å². The number of carbonyl (C=O) groups excluding carboxylic acids is 2. The Morgan fingerprint density at radius 2 is 1.88 bits per heavy atom. The lowest BCUT2D eigenvalue weighted by Gasteiger charge is -2.05. The summed E-state index contributed by atoms with van der Waals surface area (Å²) in [5.74, 6) is -0.0848. The van der Waals surface area contributed by atoms with Crippen molar-refractivity contribution in [2.45, 2.75) is 51.4 Å². The van der Waals surface area contributed by atoms with Crippen LogP contribution in [0.4, 0.5) is 5.13 Å². The average Bonchev–Trinajstić information content (AvgIpc) is 3.27. The third kappa shape index (κ3) is 3.13. The first-order chi connectivity index (χ1) is 11.7. The molecule has 1 amide bonds. The van der Waals surface area contributed by atoms with Crippen LogP contribution in [0.5, 0.6) is 0 Å². The van der Waals surface area contributed by atoms with E-state index < -0.39 is 0 Å². The number of benzene rings is 1. The average molecular weight is 340 g/mol. The molecule has 0 fully saturated rings. The number of carbonyl (C=O) groups is 2. The highest BCUT2D eigenvalue weighted by atomic mass is 32.1. The minimum Gasteiger partial charge on any atom is -0.302 e. The second-order valence-corrected chi connectivity index (χ2v) is 7.63. The van der Waals surface area contributed by atoms with E-state index in [0.717, 1.165) is 43.4 Å². The van der Waals surface area contributed by atoms with Gasteiger partial charge < -0.3 is 5.32 Å². The zero-order valence-corrected chi connectivity index (χ0v) is 14.4. The van der Waals surface area contributed by atoms with Gasteiger partial charge in [-0.05, 0) is 55.7 Å². The molecule has 0 aliphatic heterocycles. The zero-order chi connectivity index (χ0) is 16.5. The van der Waals surface area contributed by atoms with Gasteiger partial charge in [-0.3, -0.25) is 9.59 Å². The van der Waals surface area contributed by atoms with Gasteiger partial charge in [0.25, 0.3) is 0 Å². The lowest BCUT2D eigenvalue weighted by atomic mass is 10.0. The molecule has 1 aromatic carbocycles. The number of anilines is 1. The maximum absolute atomic E-state index is 12.3. The molecular formula is C19H20N2O2S. The molecule has 1 N–H and O–H groups in total. The molecule has 2 aliphatic carbocycles. The highest BCUT2D eigenvalue weighted by Crippen LogP contribution is 2.30. The Bertz CT molecular complexity index is 788. The molecule has 0 atom stereocenters. The fourth-order valence-corrected chi connectivity index (χ4v) is 4.61. The summed E-state index contributed by atoms with van der Waals surface area (Å²) in [6.07, 6.45) is 7.05. The number of ketones is 1. The number of hydrogen-bond donors (Lipinski definition) is 1. The van der Waals surface area contributed by atoms with E-state index >= 15 is 0 Å². The molecule has 2 aliphatic rings. The summed E-state index contributed by atoms with van der Waals surface area (Å²) in [5.41, 5.74) is 4.52. The normalized spacial score (nSPS) is 15.2. The summed E-state index contributed by atoms with van der Waals surface area (Å²) >= 11 is 1.57. The number of nitrogens with zero attached hydrogens (tertiary/aromatic N) is 1. The van der Waals surface area contributed by atoms with Crippen LogP contribution in [-0.4, -0.2) is 16.7 Å². The predicted molar refractivity (Wildman–Crippen MR) is 94.8 cm³/mol. The first-order valence-corrected chi connectivity index (χ1v) is 9.44. The topological polar surface area (TPSA) is 59.1 Å². The van der Waals surface area contributed by atoms with Crippen LogP contribution < -0.4 is 5.32 Å². The van der Waals surface area contributed by atoms with Crippen molar-refractivity contribution in [3.63, 3.8) is 0 Å². The third-order valence-corrected chi connectivity index (χ3v) is 5.91. The Hall–Kier alpha value is -2.01. The predicted octanol–water partition coefficient (Wildman–Crippen LogP) is 3.72. The Morgan fingerprint density at radius 1 is 1.04 bits per heavy atom. The highest BCUT2D eigenvalue weighted by Gasteiger charge is 2.18. The fourth-order valence-electron chi connectivity index (χ4n) is 3.54. The number of thiazole rings is 1. The van der Waals surface area contributed by atoms with Gasteiger partial charge in [-0.15, -0.1) is 11.3 Å². The van der Waals surface area contributed by atoms with E-state index in [4.69, 9.17) is 0 Å². The van der Waals surface area contributed by atoms with E-state index in [1.54, 1.807) is 11.3 Å². The lowest BCUT2D eigenvalue weighted by Crippen LogP contribution is -2.13. The quantitative estimate of drug-likeness (QED) is 0.844. The number of amides is 1. The number of aryl methyl sites for hydroxylation is 4. The van der Waals surface area contributed by atoms with Crippen molar-refractivity contribution in [1.82, 2.24) is 4.98 Å². The van der Waals surface area contributed by atoms with Gasteiger partial charge in [-0.1, -0.05) is 12.1 Å². The van der Waals surface area contributed by atoms with Crippen LogP contribution in [0.15, 0.2) is 18.2 Å². The standard InChI is InChI=1S/C19H20N2O2S/c22-16(14-8-7-12-3-1-4-13(12)11-14)9-10-18(23)21-19-20-15-5-2-6-17(15)24-19/h7-8,11H,1-6,9-10H2,(H,20,21,23). The van der Waals surface area contributed by atoms with E-state index in [2.05, 4.69) is 16.4 Å². The van der Waals surface area contributed by atoms with Crippen molar-refractivity contribution in [1.29, 1.82) is 0 Å². The first-order valence-electron chi connectivity index (χ1n) is 8.62. The third-order valence-electron chi connectivity index (χ3n) is 4.84. The van der Waals surface area contributed by atoms with Crippen molar-refractivity contribution in [2.24, 2.45) is 0 Å². The largest absolute Gasteiger partial charge is 0.302 e. The van der Waals surface area contributed by atoms with E-state index in [1.165, 1.54) is 22.4 Å². The van der Waals surface area contributed by atoms with Gasteiger partial charge in [0.1, 0.15) is 0 Å². The number of Topliss-reactive ketones (excluding diaryl/α,β-unsaturated/α-hetero) is 1. The van der Waals surface area contributed by atoms with Gasteiger partial charge in [0.05, 0.1) is 5.69 Å². The second-order valence-electron chi connectivity index (χ2n) is 6.55. The van der Waals surface area contributed by atoms with Crippen molar-refractivity contribution in [3.8, 4) is 0 Å². The number of hydrogen-bond acceptors (Lipinski definition) is 4. The van der Waals surface area contributed by atoms with Crippen LogP contribution >= 0.6 is 11.3 Å². The molecule has 24 heavy (non-hydrogen) atoms. The van der Waals surface area contributed by atoms with Crippen molar-refractivity contribution in [3.05, 3.63) is 45.5 Å². The molecule has 0 spiro atoms. The van der Waals surface area contributed by atoms with Crippen LogP contribution in [0.1, 0.15) is 57.7 Å². The number of aromatic nitrogens is 1. The lowest BCUT2D eigenvalue weighted by molar-refractivity contribution is -0.116. The molecule has 0 saturated carbocycles. The minimum atomic E-state index is -0.128. The van der Waals surface area contributed by atoms with Crippen molar-refractivity contribution in [2.75, 3.05) is 5.32 Å². The molecule has 0 saturated heterocycles. The Labute approximate surface area is 145 Å². The van der Waals surface area contributed by atoms with Crippen LogP contribution in [0, 0.1) is 0 Å². The number of nitrogens with one attached hydrogen (secondary N) is 1. The van der Waals surface area contributed by atoms with Gasteiger partial charge in [0, 0.05) is 23.3 Å². The molecule has 5 heteroatoms. The summed E-state index contributed by atoms with van der Waals surface area (Å²) < 4.78 is 0. The molecule has 4 rings (SSSR count). The van der Waals surface area contributed by atoms with Gasteiger partial charge in [0.15, 0.2) is 10.9 Å². The summed E-state index contributed by atoms with van der Waals surface area (Å²) in [6.45, 7) is 0. The monoisotopic (exact) mass is 340 g/mol. The Balaban J connectivity index is 1.32. The zero-order valence-electron chi connectivity index (χ0n) is 13.6. The highest BCUT2D eigenvalue weighted by molar-refractivity contribution is 7.15. The minimum absolute atomic E-state index is 0.0430. The van der Waals surface area contributed by atoms with Gasteiger partial charge in [-0.2, -0.15) is 0 Å². The maximum atomic E-state index is 12.3. The molecule has 0 bridgehead atoms. The van der Waals surface area contributed by atoms with E-state index in [9.17, 15) is 9.59 Å². The van der Waals surface area contributed by atoms with Crippen molar-refractivity contribution < 1.29 is 9.59 Å². The Kier molecular flexibility index (Phi) is 4.19. The molecule has 0 radical (unpaired) electrons. The molecule has 124 valence electrons. The number of fused-ring (bicyclic) bond motifs is 2. The van der Waals surface area contributed by atoms with Crippen LogP contribution in [0.3, 0.4) is 0 Å². The van der Waals surface area contributed by atoms with Gasteiger partial charge in [0.2, 0.25) is 5.91 Å². The molecule has 2 aromatic rings. The fraction of sp³-hybridized carbons (Fsp3) is 0.421. The maximum Gasteiger partial charge on any atom is 0.226 e. The first kappa shape index (κ1) is 15.5. The van der Waals surface area contributed by atoms with Gasteiger partial charge >= 0.3 is 0 Å². The SMILES string of the molecule is O=C(CCC(=O)c1ccc2c(c1)CCC2)Nc1nc2c(s1)CCC2. The molecule has 4 nitrogen and oxygen atoms in total. The summed E-state index contributed by atoms with van der Waals surface area (Å²) in [4.78, 5) is 30.1. The van der Waals surface area contributed by atoms with Crippen molar-refractivity contribution >= 4 is 28.2 Å². The smallest absolute Gasteiger partial charge is 0.226 e. The molecule has 1 aromatic heterocycles. The van der Waals surface area contributed by atoms with Gasteiger partial charge in [-0.25, -0.2) is 4.98 Å². The van der Waals surface area contributed by atoms with Crippen LogP contribution in [0.25, 0.3) is 0 Å². The van der Waals surface area contributed by atoms with Crippen LogP contribution in [-0.2, 0) is 30.5 Å². The molecule has 0 unspecified atom stereocenters. The summed E-state index contributed by atoms with van der Waals surface area (Å²) in [6, 6.07) is 5.97.